The molecule has 2 aromatic rings. The minimum Gasteiger partial charge on any atom is -0.507 e. The molecule has 1 aliphatic rings. The van der Waals surface area contributed by atoms with E-state index in [4.69, 9.17) is 9.84 Å². The summed E-state index contributed by atoms with van der Waals surface area (Å²) in [6.45, 7) is 0.128. The van der Waals surface area contributed by atoms with Crippen LogP contribution in [0.4, 0.5) is 0 Å². The molecule has 1 unspecified atom stereocenters. The number of amides is 1. The Bertz CT molecular complexity index is 858. The zero-order valence-corrected chi connectivity index (χ0v) is 15.0. The number of ketones is 1. The topological polar surface area (TPSA) is 87.1 Å². The molecular weight excluding hydrogens is 346 g/mol. The smallest absolute Gasteiger partial charge is 0.295 e. The van der Waals surface area contributed by atoms with Crippen LogP contribution in [0.1, 0.15) is 23.6 Å². The van der Waals surface area contributed by atoms with E-state index in [2.05, 4.69) is 0 Å². The highest BCUT2D eigenvalue weighted by Gasteiger charge is 2.45. The molecule has 0 aliphatic carbocycles. The largest absolute Gasteiger partial charge is 0.507 e. The number of rotatable bonds is 6. The molecule has 1 aliphatic heterocycles. The van der Waals surface area contributed by atoms with E-state index in [0.717, 1.165) is 5.56 Å². The maximum Gasteiger partial charge on any atom is 0.295 e. The van der Waals surface area contributed by atoms with E-state index < -0.39 is 17.7 Å². The van der Waals surface area contributed by atoms with Crippen LogP contribution < -0.4 is 4.74 Å². The number of ether oxygens (including phenoxy) is 1. The van der Waals surface area contributed by atoms with Crippen molar-refractivity contribution in [1.29, 1.82) is 0 Å². The minimum absolute atomic E-state index is 0.0503. The highest BCUT2D eigenvalue weighted by Crippen LogP contribution is 2.39. The van der Waals surface area contributed by atoms with E-state index in [1.807, 2.05) is 30.3 Å². The summed E-state index contributed by atoms with van der Waals surface area (Å²) in [4.78, 5) is 26.7. The van der Waals surface area contributed by atoms with Gasteiger partial charge in [0, 0.05) is 18.7 Å². The summed E-state index contributed by atoms with van der Waals surface area (Å²) in [5, 5.41) is 20.0. The fraction of sp³-hybridized carbons (Fsp3) is 0.238. The zero-order valence-electron chi connectivity index (χ0n) is 15.0. The molecule has 0 radical (unpaired) electrons. The number of benzene rings is 2. The second-order valence-electron chi connectivity index (χ2n) is 6.21. The standard InChI is InChI=1S/C21H21NO5/c1-27-16-10-8-15(9-11-16)19(24)17-18(14-6-3-2-4-7-14)22(12-5-13-23)21(26)20(17)25/h2-4,6-11,18,23-24H,5,12-13H2,1H3/b19-17-. The van der Waals surface area contributed by atoms with Gasteiger partial charge >= 0.3 is 0 Å². The van der Waals surface area contributed by atoms with Crippen molar-refractivity contribution in [2.75, 3.05) is 20.3 Å². The average Bonchev–Trinajstić information content (AvgIpc) is 2.97. The Hall–Kier alpha value is -3.12. The van der Waals surface area contributed by atoms with Crippen LogP contribution in [0.25, 0.3) is 5.76 Å². The predicted octanol–water partition coefficient (Wildman–Crippen LogP) is 2.50. The number of Topliss-reactive ketones (excluding diaryl/α,β-unsaturated/α-hetero) is 1. The number of hydrogen-bond acceptors (Lipinski definition) is 5. The lowest BCUT2D eigenvalue weighted by Gasteiger charge is -2.25. The van der Waals surface area contributed by atoms with Gasteiger partial charge in [-0.25, -0.2) is 0 Å². The molecule has 27 heavy (non-hydrogen) atoms. The maximum atomic E-state index is 12.7. The fourth-order valence-corrected chi connectivity index (χ4v) is 3.24. The second kappa shape index (κ2) is 8.05. The van der Waals surface area contributed by atoms with Crippen molar-refractivity contribution in [3.8, 4) is 5.75 Å². The van der Waals surface area contributed by atoms with E-state index in [-0.39, 0.29) is 24.5 Å². The van der Waals surface area contributed by atoms with Crippen LogP contribution in [0, 0.1) is 0 Å². The Morgan fingerprint density at radius 3 is 2.33 bits per heavy atom. The zero-order chi connectivity index (χ0) is 19.4. The van der Waals surface area contributed by atoms with Gasteiger partial charge in [0.25, 0.3) is 11.7 Å². The van der Waals surface area contributed by atoms with Crippen LogP contribution >= 0.6 is 0 Å². The van der Waals surface area contributed by atoms with Crippen molar-refractivity contribution < 1.29 is 24.5 Å². The van der Waals surface area contributed by atoms with Gasteiger partial charge in [0.2, 0.25) is 0 Å². The van der Waals surface area contributed by atoms with Crippen LogP contribution in [0.3, 0.4) is 0 Å². The van der Waals surface area contributed by atoms with Crippen LogP contribution in [-0.4, -0.2) is 47.1 Å². The van der Waals surface area contributed by atoms with Gasteiger partial charge in [0.05, 0.1) is 18.7 Å². The van der Waals surface area contributed by atoms with E-state index in [9.17, 15) is 14.7 Å². The molecule has 1 heterocycles. The quantitative estimate of drug-likeness (QED) is 0.465. The molecule has 140 valence electrons. The lowest BCUT2D eigenvalue weighted by molar-refractivity contribution is -0.140. The molecule has 0 spiro atoms. The van der Waals surface area contributed by atoms with Gasteiger partial charge in [-0.15, -0.1) is 0 Å². The molecule has 1 saturated heterocycles. The van der Waals surface area contributed by atoms with E-state index in [1.54, 1.807) is 24.3 Å². The number of nitrogens with zero attached hydrogens (tertiary/aromatic N) is 1. The normalized spacial score (nSPS) is 18.7. The molecule has 0 aromatic heterocycles. The average molecular weight is 367 g/mol. The Morgan fingerprint density at radius 1 is 1.07 bits per heavy atom. The number of methoxy groups -OCH3 is 1. The number of carbonyl (C=O) groups is 2. The van der Waals surface area contributed by atoms with Crippen LogP contribution in [0.5, 0.6) is 5.75 Å². The van der Waals surface area contributed by atoms with Crippen molar-refractivity contribution >= 4 is 17.4 Å². The van der Waals surface area contributed by atoms with Gasteiger partial charge in [0.1, 0.15) is 11.5 Å². The Kier molecular flexibility index (Phi) is 5.57. The summed E-state index contributed by atoms with van der Waals surface area (Å²) < 4.78 is 5.11. The first-order valence-corrected chi connectivity index (χ1v) is 8.67. The van der Waals surface area contributed by atoms with Crippen molar-refractivity contribution in [3.63, 3.8) is 0 Å². The third-order valence-electron chi connectivity index (χ3n) is 4.58. The first-order chi connectivity index (χ1) is 13.1. The molecule has 2 N–H and O–H groups in total. The number of hydrogen-bond donors (Lipinski definition) is 2. The summed E-state index contributed by atoms with van der Waals surface area (Å²) in [5.74, 6) is -1.01. The SMILES string of the molecule is COc1ccc(/C(O)=C2/C(=O)C(=O)N(CCCO)C2c2ccccc2)cc1. The molecule has 1 fully saturated rings. The van der Waals surface area contributed by atoms with Crippen molar-refractivity contribution in [3.05, 3.63) is 71.3 Å². The summed E-state index contributed by atoms with van der Waals surface area (Å²) in [6.07, 6.45) is 0.346. The molecule has 1 amide bonds. The van der Waals surface area contributed by atoms with Crippen molar-refractivity contribution in [1.82, 2.24) is 4.90 Å². The molecule has 3 rings (SSSR count). The molecule has 2 aromatic carbocycles. The summed E-state index contributed by atoms with van der Waals surface area (Å²) >= 11 is 0. The van der Waals surface area contributed by atoms with Gasteiger partial charge < -0.3 is 19.8 Å². The number of carbonyl (C=O) groups excluding carboxylic acids is 2. The Morgan fingerprint density at radius 2 is 1.74 bits per heavy atom. The van der Waals surface area contributed by atoms with Crippen molar-refractivity contribution in [2.45, 2.75) is 12.5 Å². The Balaban J connectivity index is 2.11. The predicted molar refractivity (Wildman–Crippen MR) is 100 cm³/mol. The molecule has 6 nitrogen and oxygen atoms in total. The molecular formula is C21H21NO5. The Labute approximate surface area is 157 Å². The first kappa shape index (κ1) is 18.7. The molecule has 0 bridgehead atoms. The lowest BCUT2D eigenvalue weighted by Crippen LogP contribution is -2.31. The van der Waals surface area contributed by atoms with Gasteiger partial charge in [-0.1, -0.05) is 30.3 Å². The van der Waals surface area contributed by atoms with Gasteiger partial charge in [0.15, 0.2) is 0 Å². The van der Waals surface area contributed by atoms with E-state index in [1.165, 1.54) is 12.0 Å². The number of likely N-dealkylation sites (tertiary alicyclic amines) is 1. The number of aliphatic hydroxyl groups is 2. The van der Waals surface area contributed by atoms with Gasteiger partial charge in [-0.3, -0.25) is 9.59 Å². The van der Waals surface area contributed by atoms with E-state index >= 15 is 0 Å². The first-order valence-electron chi connectivity index (χ1n) is 8.67. The van der Waals surface area contributed by atoms with E-state index in [0.29, 0.717) is 17.7 Å². The molecule has 1 atom stereocenters. The van der Waals surface area contributed by atoms with Crippen LogP contribution in [0.15, 0.2) is 60.2 Å². The van der Waals surface area contributed by atoms with Crippen molar-refractivity contribution in [2.24, 2.45) is 0 Å². The highest BCUT2D eigenvalue weighted by molar-refractivity contribution is 6.46. The molecule has 0 saturated carbocycles. The monoisotopic (exact) mass is 367 g/mol. The second-order valence-corrected chi connectivity index (χ2v) is 6.21. The molecule has 6 heteroatoms. The third-order valence-corrected chi connectivity index (χ3v) is 4.58. The summed E-state index contributed by atoms with van der Waals surface area (Å²) in [5.41, 5.74) is 1.20. The van der Waals surface area contributed by atoms with Crippen LogP contribution in [-0.2, 0) is 9.59 Å². The van der Waals surface area contributed by atoms with Gasteiger partial charge in [-0.2, -0.15) is 0 Å². The summed E-state index contributed by atoms with van der Waals surface area (Å²) in [7, 11) is 1.54. The third kappa shape index (κ3) is 3.57. The summed E-state index contributed by atoms with van der Waals surface area (Å²) in [6, 6.07) is 15.0. The van der Waals surface area contributed by atoms with Crippen LogP contribution in [0.2, 0.25) is 0 Å². The lowest BCUT2D eigenvalue weighted by atomic mass is 9.95. The highest BCUT2D eigenvalue weighted by atomic mass is 16.5. The number of aliphatic hydroxyl groups excluding tert-OH is 2. The van der Waals surface area contributed by atoms with Gasteiger partial charge in [-0.05, 0) is 36.2 Å². The maximum absolute atomic E-state index is 12.7. The fourth-order valence-electron chi connectivity index (χ4n) is 3.24. The minimum atomic E-state index is -0.727.